The van der Waals surface area contributed by atoms with Crippen molar-refractivity contribution in [1.82, 2.24) is 10.5 Å². The molecule has 1 N–H and O–H groups in total. The molecule has 4 nitrogen and oxygen atoms in total. The van der Waals surface area contributed by atoms with Gasteiger partial charge in [0.2, 0.25) is 0 Å². The summed E-state index contributed by atoms with van der Waals surface area (Å²) in [6.07, 6.45) is 0. The Hall–Kier alpha value is -1.13. The van der Waals surface area contributed by atoms with Crippen LogP contribution in [0.4, 0.5) is 0 Å². The highest BCUT2D eigenvalue weighted by atomic mass is 35.5. The first-order chi connectivity index (χ1) is 5.74. The van der Waals surface area contributed by atoms with Crippen molar-refractivity contribution in [3.05, 3.63) is 29.0 Å². The standard InChI is InChI=1S/C7H6ClN2O2/c1-12-10-7(11)5-3-2-4-6(8)9-5/h2-3H,1H3,(H,10,11). The molecule has 5 heteroatoms. The molecule has 0 atom stereocenters. The molecule has 0 bridgehead atoms. The van der Waals surface area contributed by atoms with E-state index in [0.29, 0.717) is 0 Å². The zero-order valence-electron chi connectivity index (χ0n) is 6.30. The van der Waals surface area contributed by atoms with E-state index in [9.17, 15) is 4.79 Å². The van der Waals surface area contributed by atoms with Gasteiger partial charge in [-0.25, -0.2) is 10.5 Å². The number of carbonyl (C=O) groups is 1. The molecule has 0 aliphatic rings. The van der Waals surface area contributed by atoms with Crippen LogP contribution in [-0.4, -0.2) is 18.0 Å². The number of nitrogens with one attached hydrogen (secondary N) is 1. The highest BCUT2D eigenvalue weighted by Crippen LogP contribution is 2.03. The molecule has 1 aromatic rings. The second-order valence-electron chi connectivity index (χ2n) is 1.90. The zero-order chi connectivity index (χ0) is 8.97. The van der Waals surface area contributed by atoms with Gasteiger partial charge in [-0.1, -0.05) is 11.6 Å². The SMILES string of the molecule is CONC(=O)c1cc[c]c(Cl)n1. The van der Waals surface area contributed by atoms with Gasteiger partial charge >= 0.3 is 0 Å². The van der Waals surface area contributed by atoms with Crippen LogP contribution in [-0.2, 0) is 4.84 Å². The van der Waals surface area contributed by atoms with Crippen molar-refractivity contribution in [2.45, 2.75) is 0 Å². The largest absolute Gasteiger partial charge is 0.293 e. The van der Waals surface area contributed by atoms with Crippen molar-refractivity contribution in [2.24, 2.45) is 0 Å². The van der Waals surface area contributed by atoms with Crippen LogP contribution >= 0.6 is 11.6 Å². The van der Waals surface area contributed by atoms with Gasteiger partial charge in [-0.3, -0.25) is 9.63 Å². The van der Waals surface area contributed by atoms with Crippen LogP contribution in [0.25, 0.3) is 0 Å². The van der Waals surface area contributed by atoms with Gasteiger partial charge in [-0.05, 0) is 12.1 Å². The smallest absolute Gasteiger partial charge is 0.277 e. The summed E-state index contributed by atoms with van der Waals surface area (Å²) >= 11 is 5.50. The predicted molar refractivity (Wildman–Crippen MR) is 42.6 cm³/mol. The summed E-state index contributed by atoms with van der Waals surface area (Å²) in [5.41, 5.74) is 2.31. The highest BCUT2D eigenvalue weighted by molar-refractivity contribution is 6.29. The topological polar surface area (TPSA) is 51.2 Å². The average Bonchev–Trinajstić information content (AvgIpc) is 2.05. The minimum absolute atomic E-state index is 0.152. The second-order valence-corrected chi connectivity index (χ2v) is 2.26. The Kier molecular flexibility index (Phi) is 3.01. The van der Waals surface area contributed by atoms with E-state index in [0.717, 1.165) is 0 Å². The highest BCUT2D eigenvalue weighted by Gasteiger charge is 2.05. The molecule has 0 aliphatic carbocycles. The number of carbonyl (C=O) groups excluding carboxylic acids is 1. The lowest BCUT2D eigenvalue weighted by Crippen LogP contribution is -2.22. The molecule has 0 fully saturated rings. The van der Waals surface area contributed by atoms with Crippen LogP contribution in [0.1, 0.15) is 10.5 Å². The summed E-state index contributed by atoms with van der Waals surface area (Å²) in [4.78, 5) is 19.1. The van der Waals surface area contributed by atoms with E-state index in [1.807, 2.05) is 0 Å². The van der Waals surface area contributed by atoms with Crippen molar-refractivity contribution in [2.75, 3.05) is 7.11 Å². The summed E-state index contributed by atoms with van der Waals surface area (Å²) in [7, 11) is 1.34. The van der Waals surface area contributed by atoms with Gasteiger partial charge in [0, 0.05) is 6.07 Å². The van der Waals surface area contributed by atoms with E-state index >= 15 is 0 Å². The molecule has 0 aliphatic heterocycles. The normalized spacial score (nSPS) is 9.50. The first kappa shape index (κ1) is 8.96. The predicted octanol–water partition coefficient (Wildman–Crippen LogP) is 0.826. The fraction of sp³-hybridized carbons (Fsp3) is 0.143. The summed E-state index contributed by atoms with van der Waals surface area (Å²) in [5.74, 6) is -0.437. The Morgan fingerprint density at radius 3 is 3.17 bits per heavy atom. The first-order valence-electron chi connectivity index (χ1n) is 3.11. The number of halogens is 1. The number of hydroxylamine groups is 1. The fourth-order valence-corrected chi connectivity index (χ4v) is 0.790. The van der Waals surface area contributed by atoms with Crippen LogP contribution in [0.3, 0.4) is 0 Å². The van der Waals surface area contributed by atoms with E-state index in [1.165, 1.54) is 19.2 Å². The second kappa shape index (κ2) is 4.04. The van der Waals surface area contributed by atoms with Crippen molar-refractivity contribution < 1.29 is 9.63 Å². The zero-order valence-corrected chi connectivity index (χ0v) is 7.05. The minimum Gasteiger partial charge on any atom is -0.277 e. The number of rotatable bonds is 2. The molecule has 0 spiro atoms. The third-order valence-corrected chi connectivity index (χ3v) is 1.28. The van der Waals surface area contributed by atoms with Gasteiger partial charge in [0.25, 0.3) is 5.91 Å². The lowest BCUT2D eigenvalue weighted by molar-refractivity contribution is 0.0532. The average molecular weight is 186 g/mol. The Morgan fingerprint density at radius 2 is 2.58 bits per heavy atom. The number of nitrogens with zero attached hydrogens (tertiary/aromatic N) is 1. The lowest BCUT2D eigenvalue weighted by Gasteiger charge is -1.99. The van der Waals surface area contributed by atoms with E-state index in [4.69, 9.17) is 11.6 Å². The van der Waals surface area contributed by atoms with Crippen LogP contribution in [0.15, 0.2) is 12.1 Å². The molecular formula is C7H6ClN2O2. The number of aromatic nitrogens is 1. The van der Waals surface area contributed by atoms with Crippen LogP contribution in [0.5, 0.6) is 0 Å². The van der Waals surface area contributed by atoms with Gasteiger partial charge < -0.3 is 0 Å². The molecule has 0 saturated heterocycles. The van der Waals surface area contributed by atoms with Crippen molar-refractivity contribution >= 4 is 17.5 Å². The molecule has 1 heterocycles. The molecule has 0 unspecified atom stereocenters. The maximum Gasteiger partial charge on any atom is 0.293 e. The Balaban J connectivity index is 2.81. The van der Waals surface area contributed by atoms with Gasteiger partial charge in [0.15, 0.2) is 0 Å². The molecule has 1 rings (SSSR count). The summed E-state index contributed by atoms with van der Waals surface area (Å²) in [5, 5.41) is 0.152. The van der Waals surface area contributed by atoms with Gasteiger partial charge in [-0.15, -0.1) is 0 Å². The molecule has 0 aromatic carbocycles. The minimum atomic E-state index is -0.437. The monoisotopic (exact) mass is 185 g/mol. The van der Waals surface area contributed by atoms with E-state index in [2.05, 4.69) is 21.4 Å². The number of amides is 1. The van der Waals surface area contributed by atoms with Gasteiger partial charge in [-0.2, -0.15) is 0 Å². The lowest BCUT2D eigenvalue weighted by atomic mass is 10.3. The fourth-order valence-electron chi connectivity index (χ4n) is 0.636. The number of hydrogen-bond donors (Lipinski definition) is 1. The number of hydrogen-bond acceptors (Lipinski definition) is 3. The molecule has 1 radical (unpaired) electrons. The van der Waals surface area contributed by atoms with Crippen molar-refractivity contribution in [3.8, 4) is 0 Å². The third kappa shape index (κ3) is 2.18. The van der Waals surface area contributed by atoms with Gasteiger partial charge in [0.05, 0.1) is 7.11 Å². The van der Waals surface area contributed by atoms with Crippen molar-refractivity contribution in [3.63, 3.8) is 0 Å². The maximum atomic E-state index is 11.0. The molecule has 0 saturated carbocycles. The van der Waals surface area contributed by atoms with Crippen molar-refractivity contribution in [1.29, 1.82) is 0 Å². The quantitative estimate of drug-likeness (QED) is 0.549. The van der Waals surface area contributed by atoms with Crippen LogP contribution in [0, 0.1) is 6.07 Å². The maximum absolute atomic E-state index is 11.0. The summed E-state index contributed by atoms with van der Waals surface area (Å²) < 4.78 is 0. The molecule has 12 heavy (non-hydrogen) atoms. The van der Waals surface area contributed by atoms with E-state index in [1.54, 1.807) is 0 Å². The van der Waals surface area contributed by atoms with E-state index < -0.39 is 5.91 Å². The molecule has 63 valence electrons. The third-order valence-electron chi connectivity index (χ3n) is 1.09. The number of pyridine rings is 1. The summed E-state index contributed by atoms with van der Waals surface area (Å²) in [6, 6.07) is 5.60. The molecule has 1 aromatic heterocycles. The molecular weight excluding hydrogens is 180 g/mol. The summed E-state index contributed by atoms with van der Waals surface area (Å²) in [6.45, 7) is 0. The van der Waals surface area contributed by atoms with Gasteiger partial charge in [0.1, 0.15) is 10.8 Å². The van der Waals surface area contributed by atoms with E-state index in [-0.39, 0.29) is 10.8 Å². The molecule has 1 amide bonds. The van der Waals surface area contributed by atoms with Crippen LogP contribution in [0.2, 0.25) is 5.15 Å². The first-order valence-corrected chi connectivity index (χ1v) is 3.49. The Labute approximate surface area is 74.5 Å². The Morgan fingerprint density at radius 1 is 1.83 bits per heavy atom. The Bertz CT molecular complexity index is 290. The van der Waals surface area contributed by atoms with Crippen LogP contribution < -0.4 is 5.48 Å².